The second-order valence-electron chi connectivity index (χ2n) is 6.71. The van der Waals surface area contributed by atoms with Crippen LogP contribution in [-0.4, -0.2) is 0 Å². The summed E-state index contributed by atoms with van der Waals surface area (Å²) in [5.74, 6) is 0.873. The van der Waals surface area contributed by atoms with Crippen LogP contribution in [0.25, 0.3) is 11.1 Å². The van der Waals surface area contributed by atoms with Crippen molar-refractivity contribution in [3.63, 3.8) is 0 Å². The second-order valence-corrected chi connectivity index (χ2v) is 6.71. The molecule has 0 aliphatic heterocycles. The van der Waals surface area contributed by atoms with Gasteiger partial charge in [-0.2, -0.15) is 5.26 Å². The van der Waals surface area contributed by atoms with Gasteiger partial charge >= 0.3 is 0 Å². The minimum absolute atomic E-state index is 0.270. The zero-order valence-electron chi connectivity index (χ0n) is 14.0. The molecule has 1 aliphatic rings. The highest BCUT2D eigenvalue weighted by Crippen LogP contribution is 2.39. The largest absolute Gasteiger partial charge is 0.198 e. The van der Waals surface area contributed by atoms with Gasteiger partial charge in [0.2, 0.25) is 0 Å². The van der Waals surface area contributed by atoms with E-state index in [-0.39, 0.29) is 5.92 Å². The quantitative estimate of drug-likeness (QED) is 0.669. The standard InChI is InChI=1S/C22H25N/c1-2-5-17-8-12-19(13-9-17)21-6-3-4-7-22(21)20-14-10-18(16-23)11-15-20/h3-4,6-9,12-13,18,20H,2,5,10-11,14-15H2,1H3. The van der Waals surface area contributed by atoms with Crippen LogP contribution in [0, 0.1) is 17.2 Å². The number of nitrogens with zero attached hydrogens (tertiary/aromatic N) is 1. The molecule has 1 aliphatic carbocycles. The zero-order valence-corrected chi connectivity index (χ0v) is 14.0. The molecule has 23 heavy (non-hydrogen) atoms. The minimum atomic E-state index is 0.270. The van der Waals surface area contributed by atoms with Gasteiger partial charge < -0.3 is 0 Å². The molecule has 2 aromatic rings. The first kappa shape index (κ1) is 15.8. The third kappa shape index (κ3) is 3.64. The molecule has 0 heterocycles. The molecular formula is C22H25N. The van der Waals surface area contributed by atoms with Crippen molar-refractivity contribution in [1.29, 1.82) is 5.26 Å². The van der Waals surface area contributed by atoms with Crippen molar-refractivity contribution in [2.45, 2.75) is 51.4 Å². The maximum atomic E-state index is 9.10. The van der Waals surface area contributed by atoms with E-state index in [1.165, 1.54) is 28.7 Å². The van der Waals surface area contributed by atoms with Crippen LogP contribution in [0.3, 0.4) is 0 Å². The Bertz CT molecular complexity index is 670. The Morgan fingerprint density at radius 2 is 1.65 bits per heavy atom. The predicted octanol–water partition coefficient (Wildman–Crippen LogP) is 6.10. The number of nitriles is 1. The van der Waals surface area contributed by atoms with Crippen LogP contribution in [-0.2, 0) is 6.42 Å². The molecule has 1 fully saturated rings. The van der Waals surface area contributed by atoms with E-state index in [9.17, 15) is 0 Å². The summed E-state index contributed by atoms with van der Waals surface area (Å²) < 4.78 is 0. The summed E-state index contributed by atoms with van der Waals surface area (Å²) in [5.41, 5.74) is 5.58. The zero-order chi connectivity index (χ0) is 16.1. The van der Waals surface area contributed by atoms with Gasteiger partial charge in [0.25, 0.3) is 0 Å². The lowest BCUT2D eigenvalue weighted by Crippen LogP contribution is -2.12. The number of hydrogen-bond donors (Lipinski definition) is 0. The van der Waals surface area contributed by atoms with Gasteiger partial charge in [-0.25, -0.2) is 0 Å². The highest BCUT2D eigenvalue weighted by molar-refractivity contribution is 5.68. The average molecular weight is 303 g/mol. The van der Waals surface area contributed by atoms with Gasteiger partial charge in [-0.3, -0.25) is 0 Å². The molecule has 118 valence electrons. The highest BCUT2D eigenvalue weighted by Gasteiger charge is 2.23. The minimum Gasteiger partial charge on any atom is -0.198 e. The van der Waals surface area contributed by atoms with E-state index in [1.807, 2.05) is 0 Å². The molecule has 0 radical (unpaired) electrons. The summed E-state index contributed by atoms with van der Waals surface area (Å²) in [6, 6.07) is 20.3. The van der Waals surface area contributed by atoms with E-state index in [2.05, 4.69) is 61.5 Å². The van der Waals surface area contributed by atoms with Gasteiger partial charge in [0, 0.05) is 5.92 Å². The molecule has 0 N–H and O–H groups in total. The van der Waals surface area contributed by atoms with E-state index in [1.54, 1.807) is 0 Å². The smallest absolute Gasteiger partial charge is 0.0655 e. The van der Waals surface area contributed by atoms with Gasteiger partial charge in [-0.1, -0.05) is 61.9 Å². The van der Waals surface area contributed by atoms with Crippen molar-refractivity contribution >= 4 is 0 Å². The molecule has 0 saturated heterocycles. The van der Waals surface area contributed by atoms with Crippen molar-refractivity contribution < 1.29 is 0 Å². The van der Waals surface area contributed by atoms with E-state index >= 15 is 0 Å². The summed E-state index contributed by atoms with van der Waals surface area (Å²) >= 11 is 0. The number of hydrogen-bond acceptors (Lipinski definition) is 1. The SMILES string of the molecule is CCCc1ccc(-c2ccccc2C2CCC(C#N)CC2)cc1. The van der Waals surface area contributed by atoms with Crippen molar-refractivity contribution in [2.75, 3.05) is 0 Å². The second kappa shape index (κ2) is 7.47. The molecule has 1 heteroatoms. The fourth-order valence-corrected chi connectivity index (χ4v) is 3.79. The van der Waals surface area contributed by atoms with E-state index < -0.39 is 0 Å². The summed E-state index contributed by atoms with van der Waals surface area (Å²) in [6.07, 6.45) is 6.72. The lowest BCUT2D eigenvalue weighted by atomic mass is 9.77. The lowest BCUT2D eigenvalue weighted by Gasteiger charge is -2.27. The van der Waals surface area contributed by atoms with Crippen LogP contribution in [0.2, 0.25) is 0 Å². The Kier molecular flexibility index (Phi) is 5.13. The fraction of sp³-hybridized carbons (Fsp3) is 0.409. The lowest BCUT2D eigenvalue weighted by molar-refractivity contribution is 0.382. The van der Waals surface area contributed by atoms with Crippen LogP contribution in [0.1, 0.15) is 56.1 Å². The molecule has 1 saturated carbocycles. The molecule has 0 bridgehead atoms. The van der Waals surface area contributed by atoms with Crippen molar-refractivity contribution in [2.24, 2.45) is 5.92 Å². The van der Waals surface area contributed by atoms with Crippen LogP contribution in [0.15, 0.2) is 48.5 Å². The van der Waals surface area contributed by atoms with Crippen LogP contribution >= 0.6 is 0 Å². The molecule has 2 aromatic carbocycles. The van der Waals surface area contributed by atoms with Crippen LogP contribution in [0.4, 0.5) is 0 Å². The Balaban J connectivity index is 1.85. The highest BCUT2D eigenvalue weighted by atomic mass is 14.3. The van der Waals surface area contributed by atoms with E-state index in [4.69, 9.17) is 5.26 Å². The van der Waals surface area contributed by atoms with E-state index in [0.29, 0.717) is 5.92 Å². The normalized spacial score (nSPS) is 20.9. The third-order valence-corrected chi connectivity index (χ3v) is 5.11. The molecule has 0 amide bonds. The topological polar surface area (TPSA) is 23.8 Å². The number of benzene rings is 2. The van der Waals surface area contributed by atoms with Crippen molar-refractivity contribution in [3.8, 4) is 17.2 Å². The number of aryl methyl sites for hydroxylation is 1. The maximum absolute atomic E-state index is 9.10. The molecule has 3 rings (SSSR count). The molecule has 0 unspecified atom stereocenters. The molecule has 0 spiro atoms. The van der Waals surface area contributed by atoms with Gasteiger partial charge in [0.1, 0.15) is 0 Å². The van der Waals surface area contributed by atoms with Gasteiger partial charge in [-0.05, 0) is 60.3 Å². The summed E-state index contributed by atoms with van der Waals surface area (Å²) in [5, 5.41) is 9.10. The third-order valence-electron chi connectivity index (χ3n) is 5.11. The predicted molar refractivity (Wildman–Crippen MR) is 96.2 cm³/mol. The first-order valence-corrected chi connectivity index (χ1v) is 8.89. The van der Waals surface area contributed by atoms with Crippen LogP contribution in [0.5, 0.6) is 0 Å². The monoisotopic (exact) mass is 303 g/mol. The fourth-order valence-electron chi connectivity index (χ4n) is 3.79. The van der Waals surface area contributed by atoms with Gasteiger partial charge in [-0.15, -0.1) is 0 Å². The maximum Gasteiger partial charge on any atom is 0.0655 e. The van der Waals surface area contributed by atoms with Crippen LogP contribution < -0.4 is 0 Å². The summed E-state index contributed by atoms with van der Waals surface area (Å²) in [4.78, 5) is 0. The first-order chi connectivity index (χ1) is 11.3. The molecule has 0 aromatic heterocycles. The average Bonchev–Trinajstić information content (AvgIpc) is 2.63. The molecular weight excluding hydrogens is 278 g/mol. The molecule has 0 atom stereocenters. The van der Waals surface area contributed by atoms with Gasteiger partial charge in [0.05, 0.1) is 6.07 Å². The summed E-state index contributed by atoms with van der Waals surface area (Å²) in [7, 11) is 0. The number of rotatable bonds is 4. The first-order valence-electron chi connectivity index (χ1n) is 8.89. The Morgan fingerprint density at radius 1 is 0.957 bits per heavy atom. The van der Waals surface area contributed by atoms with Crippen molar-refractivity contribution in [3.05, 3.63) is 59.7 Å². The molecule has 1 nitrogen and oxygen atoms in total. The Morgan fingerprint density at radius 3 is 2.30 bits per heavy atom. The Labute approximate surface area is 140 Å². The Hall–Kier alpha value is -2.07. The van der Waals surface area contributed by atoms with Gasteiger partial charge in [0.15, 0.2) is 0 Å². The van der Waals surface area contributed by atoms with Crippen molar-refractivity contribution in [1.82, 2.24) is 0 Å². The van der Waals surface area contributed by atoms with E-state index in [0.717, 1.165) is 32.1 Å². The summed E-state index contributed by atoms with van der Waals surface area (Å²) in [6.45, 7) is 2.22.